The van der Waals surface area contributed by atoms with Gasteiger partial charge in [0.05, 0.1) is 12.0 Å². The molecule has 0 aromatic carbocycles. The van der Waals surface area contributed by atoms with Gasteiger partial charge >= 0.3 is 11.7 Å². The van der Waals surface area contributed by atoms with E-state index in [1.807, 2.05) is 6.07 Å². The number of thiophene rings is 1. The lowest BCUT2D eigenvalue weighted by atomic mass is 10.4. The van der Waals surface area contributed by atoms with Crippen molar-refractivity contribution >= 4 is 11.3 Å². The van der Waals surface area contributed by atoms with E-state index in [0.29, 0.717) is 15.6 Å². The number of nitrogens with one attached hydrogen (secondary N) is 1. The number of rotatable bonds is 2. The molecule has 2 rings (SSSR count). The molecular weight excluding hydrogens is 228 g/mol. The van der Waals surface area contributed by atoms with Gasteiger partial charge in [-0.1, -0.05) is 0 Å². The van der Waals surface area contributed by atoms with E-state index in [1.165, 1.54) is 18.4 Å². The van der Waals surface area contributed by atoms with Gasteiger partial charge in [-0.15, -0.1) is 16.3 Å². The predicted octanol–water partition coefficient (Wildman–Crippen LogP) is 0.774. The normalized spacial score (nSPS) is 9.75. The molecule has 0 amide bonds. The lowest BCUT2D eigenvalue weighted by Gasteiger charge is -1.98. The number of ether oxygens (including phenoxy) is 1. The monoisotopic (exact) mass is 234 g/mol. The first kappa shape index (κ1) is 10.3. The summed E-state index contributed by atoms with van der Waals surface area (Å²) in [5, 5.41) is 8.68. The van der Waals surface area contributed by atoms with E-state index in [9.17, 15) is 4.79 Å². The van der Waals surface area contributed by atoms with Crippen LogP contribution in [0.2, 0.25) is 0 Å². The first-order chi connectivity index (χ1) is 7.72. The van der Waals surface area contributed by atoms with Gasteiger partial charge < -0.3 is 4.74 Å². The van der Waals surface area contributed by atoms with Gasteiger partial charge in [-0.25, -0.2) is 4.79 Å². The van der Waals surface area contributed by atoms with Crippen molar-refractivity contribution in [2.75, 3.05) is 7.11 Å². The molecule has 0 atom stereocenters. The Kier molecular flexibility index (Phi) is 2.66. The molecule has 0 aliphatic rings. The summed E-state index contributed by atoms with van der Waals surface area (Å²) in [6.45, 7) is 0. The highest BCUT2D eigenvalue weighted by Crippen LogP contribution is 2.24. The van der Waals surface area contributed by atoms with Crippen molar-refractivity contribution in [1.82, 2.24) is 15.0 Å². The molecule has 0 radical (unpaired) electrons. The summed E-state index contributed by atoms with van der Waals surface area (Å²) in [7, 11) is 1.38. The van der Waals surface area contributed by atoms with Crippen LogP contribution in [0, 0.1) is 11.3 Å². The highest BCUT2D eigenvalue weighted by atomic mass is 32.1. The van der Waals surface area contributed by atoms with Gasteiger partial charge in [-0.05, 0) is 12.1 Å². The SMILES string of the molecule is COc1nc(-c2ccc(C#N)s2)[nH]c(=O)n1. The molecule has 7 heteroatoms. The Hall–Kier alpha value is -2.20. The molecule has 16 heavy (non-hydrogen) atoms. The Morgan fingerprint density at radius 1 is 1.50 bits per heavy atom. The van der Waals surface area contributed by atoms with Crippen molar-refractivity contribution < 1.29 is 4.74 Å². The van der Waals surface area contributed by atoms with Crippen molar-refractivity contribution in [3.8, 4) is 22.8 Å². The van der Waals surface area contributed by atoms with Gasteiger partial charge in [-0.3, -0.25) is 4.98 Å². The van der Waals surface area contributed by atoms with Crippen molar-refractivity contribution in [1.29, 1.82) is 5.26 Å². The van der Waals surface area contributed by atoms with Crippen LogP contribution in [0.25, 0.3) is 10.7 Å². The van der Waals surface area contributed by atoms with E-state index < -0.39 is 5.69 Å². The van der Waals surface area contributed by atoms with E-state index in [-0.39, 0.29) is 6.01 Å². The van der Waals surface area contributed by atoms with Crippen LogP contribution >= 0.6 is 11.3 Å². The topological polar surface area (TPSA) is 91.7 Å². The Bertz CT molecular complexity index is 610. The first-order valence-corrected chi connectivity index (χ1v) is 5.07. The third-order valence-corrected chi connectivity index (χ3v) is 2.76. The molecule has 0 bridgehead atoms. The van der Waals surface area contributed by atoms with Crippen LogP contribution in [0.1, 0.15) is 4.88 Å². The Balaban J connectivity index is 2.51. The summed E-state index contributed by atoms with van der Waals surface area (Å²) in [6, 6.07) is 5.39. The van der Waals surface area contributed by atoms with E-state index in [0.717, 1.165) is 0 Å². The molecule has 6 nitrogen and oxygen atoms in total. The van der Waals surface area contributed by atoms with Crippen LogP contribution in [0.4, 0.5) is 0 Å². The summed E-state index contributed by atoms with van der Waals surface area (Å²) < 4.78 is 4.79. The average Bonchev–Trinajstić information content (AvgIpc) is 2.76. The number of hydrogen-bond acceptors (Lipinski definition) is 6. The zero-order chi connectivity index (χ0) is 11.5. The van der Waals surface area contributed by atoms with Crippen molar-refractivity contribution in [3.05, 3.63) is 27.5 Å². The van der Waals surface area contributed by atoms with Crippen LogP contribution < -0.4 is 10.4 Å². The summed E-state index contributed by atoms with van der Waals surface area (Å²) in [6.07, 6.45) is 0. The maximum absolute atomic E-state index is 11.2. The molecule has 0 aliphatic heterocycles. The van der Waals surface area contributed by atoms with Gasteiger partial charge in [0.2, 0.25) is 0 Å². The van der Waals surface area contributed by atoms with E-state index >= 15 is 0 Å². The Morgan fingerprint density at radius 3 is 2.94 bits per heavy atom. The van der Waals surface area contributed by atoms with Gasteiger partial charge in [0.1, 0.15) is 10.9 Å². The molecule has 2 aromatic rings. The van der Waals surface area contributed by atoms with Gasteiger partial charge in [0.25, 0.3) is 0 Å². The minimum Gasteiger partial charge on any atom is -0.467 e. The molecule has 0 fully saturated rings. The molecule has 0 aliphatic carbocycles. The third kappa shape index (κ3) is 1.92. The van der Waals surface area contributed by atoms with Crippen LogP contribution in [0.3, 0.4) is 0 Å². The molecule has 2 heterocycles. The zero-order valence-electron chi connectivity index (χ0n) is 8.22. The van der Waals surface area contributed by atoms with Crippen molar-refractivity contribution in [2.24, 2.45) is 0 Å². The standard InChI is InChI=1S/C9H6N4O2S/c1-15-9-12-7(11-8(14)13-9)6-3-2-5(4-10)16-6/h2-3H,1H3,(H,11,12,13,14). The maximum atomic E-state index is 11.2. The summed E-state index contributed by atoms with van der Waals surface area (Å²) in [5.74, 6) is 0.350. The maximum Gasteiger partial charge on any atom is 0.351 e. The number of nitriles is 1. The quantitative estimate of drug-likeness (QED) is 0.828. The molecule has 1 N–H and O–H groups in total. The van der Waals surface area contributed by atoms with Crippen LogP contribution in [0.15, 0.2) is 16.9 Å². The minimum absolute atomic E-state index is 0.00524. The average molecular weight is 234 g/mol. The van der Waals surface area contributed by atoms with E-state index in [4.69, 9.17) is 10.00 Å². The smallest absolute Gasteiger partial charge is 0.351 e. The predicted molar refractivity (Wildman–Crippen MR) is 57.2 cm³/mol. The Labute approximate surface area is 94.2 Å². The second-order valence-electron chi connectivity index (χ2n) is 2.76. The highest BCUT2D eigenvalue weighted by molar-refractivity contribution is 7.15. The van der Waals surface area contributed by atoms with Crippen LogP contribution in [-0.4, -0.2) is 22.1 Å². The second-order valence-corrected chi connectivity index (χ2v) is 3.85. The highest BCUT2D eigenvalue weighted by Gasteiger charge is 2.08. The minimum atomic E-state index is -0.534. The summed E-state index contributed by atoms with van der Waals surface area (Å²) in [4.78, 5) is 22.4. The molecule has 0 spiro atoms. The van der Waals surface area contributed by atoms with Crippen LogP contribution in [0.5, 0.6) is 6.01 Å². The summed E-state index contributed by atoms with van der Waals surface area (Å²) in [5.41, 5.74) is -0.534. The molecule has 2 aromatic heterocycles. The number of H-pyrrole nitrogens is 1. The van der Waals surface area contributed by atoms with Crippen LogP contribution in [-0.2, 0) is 0 Å². The number of hydrogen-bond donors (Lipinski definition) is 1. The van der Waals surface area contributed by atoms with Crippen molar-refractivity contribution in [3.63, 3.8) is 0 Å². The molecule has 0 unspecified atom stereocenters. The fourth-order valence-corrected chi connectivity index (χ4v) is 1.85. The fraction of sp³-hybridized carbons (Fsp3) is 0.111. The van der Waals surface area contributed by atoms with E-state index in [1.54, 1.807) is 12.1 Å². The van der Waals surface area contributed by atoms with Crippen molar-refractivity contribution in [2.45, 2.75) is 0 Å². The lowest BCUT2D eigenvalue weighted by molar-refractivity contribution is 0.377. The number of aromatic amines is 1. The summed E-state index contributed by atoms with van der Waals surface area (Å²) >= 11 is 1.24. The second kappa shape index (κ2) is 4.12. The number of nitrogens with zero attached hydrogens (tertiary/aromatic N) is 3. The molecule has 0 saturated heterocycles. The number of aromatic nitrogens is 3. The van der Waals surface area contributed by atoms with Gasteiger partial charge in [-0.2, -0.15) is 10.2 Å². The largest absolute Gasteiger partial charge is 0.467 e. The van der Waals surface area contributed by atoms with Gasteiger partial charge in [0.15, 0.2) is 5.82 Å². The van der Waals surface area contributed by atoms with E-state index in [2.05, 4.69) is 15.0 Å². The third-order valence-electron chi connectivity index (χ3n) is 1.76. The number of methoxy groups -OCH3 is 1. The zero-order valence-corrected chi connectivity index (χ0v) is 9.04. The molecule has 80 valence electrons. The van der Waals surface area contributed by atoms with Gasteiger partial charge in [0, 0.05) is 0 Å². The molecular formula is C9H6N4O2S. The first-order valence-electron chi connectivity index (χ1n) is 4.25. The fourth-order valence-electron chi connectivity index (χ4n) is 1.10. The lowest BCUT2D eigenvalue weighted by Crippen LogP contribution is -2.13. The molecule has 0 saturated carbocycles. The Morgan fingerprint density at radius 2 is 2.31 bits per heavy atom.